The van der Waals surface area contributed by atoms with E-state index in [1.807, 2.05) is 0 Å². The fourth-order valence-electron chi connectivity index (χ4n) is 3.07. The van der Waals surface area contributed by atoms with Crippen molar-refractivity contribution in [3.05, 3.63) is 11.6 Å². The first kappa shape index (κ1) is 12.2. The zero-order chi connectivity index (χ0) is 11.4. The summed E-state index contributed by atoms with van der Waals surface area (Å²) in [6, 6.07) is 0. The van der Waals surface area contributed by atoms with Crippen molar-refractivity contribution in [2.24, 2.45) is 17.8 Å². The van der Waals surface area contributed by atoms with Crippen LogP contribution in [-0.2, 0) is 0 Å². The Hall–Kier alpha value is -0.300. The molecule has 1 saturated carbocycles. The summed E-state index contributed by atoms with van der Waals surface area (Å²) < 4.78 is 0. The Balaban J connectivity index is 1.53. The zero-order valence-corrected chi connectivity index (χ0v) is 11.0. The highest BCUT2D eigenvalue weighted by Crippen LogP contribution is 2.33. The van der Waals surface area contributed by atoms with Crippen LogP contribution in [0.4, 0.5) is 0 Å². The summed E-state index contributed by atoms with van der Waals surface area (Å²) in [5.74, 6) is 2.79. The molecule has 16 heavy (non-hydrogen) atoms. The standard InChI is InChI=1S/C15H27N/c1-12-8-13(2)10-15(9-12)11-16-7-3-4-14-5-6-14/h8,12,14-16H,3-7,9-11H2,1-2H3. The van der Waals surface area contributed by atoms with Gasteiger partial charge in [0, 0.05) is 0 Å². The van der Waals surface area contributed by atoms with Crippen LogP contribution >= 0.6 is 0 Å². The highest BCUT2D eigenvalue weighted by Gasteiger charge is 2.20. The topological polar surface area (TPSA) is 12.0 Å². The lowest BCUT2D eigenvalue weighted by Crippen LogP contribution is -2.27. The van der Waals surface area contributed by atoms with Crippen molar-refractivity contribution in [3.63, 3.8) is 0 Å². The van der Waals surface area contributed by atoms with E-state index in [1.165, 1.54) is 51.6 Å². The van der Waals surface area contributed by atoms with Gasteiger partial charge in [-0.25, -0.2) is 0 Å². The lowest BCUT2D eigenvalue weighted by molar-refractivity contribution is 0.379. The number of rotatable bonds is 6. The van der Waals surface area contributed by atoms with Gasteiger partial charge in [0.1, 0.15) is 0 Å². The van der Waals surface area contributed by atoms with Gasteiger partial charge in [0.2, 0.25) is 0 Å². The maximum atomic E-state index is 3.65. The second-order valence-electron chi connectivity index (χ2n) is 6.09. The maximum absolute atomic E-state index is 3.65. The second kappa shape index (κ2) is 5.86. The molecule has 92 valence electrons. The van der Waals surface area contributed by atoms with Gasteiger partial charge in [-0.2, -0.15) is 0 Å². The van der Waals surface area contributed by atoms with Crippen molar-refractivity contribution < 1.29 is 0 Å². The minimum Gasteiger partial charge on any atom is -0.316 e. The van der Waals surface area contributed by atoms with E-state index in [9.17, 15) is 0 Å². The predicted molar refractivity (Wildman–Crippen MR) is 70.5 cm³/mol. The molecule has 0 spiro atoms. The largest absolute Gasteiger partial charge is 0.316 e. The molecule has 0 heterocycles. The summed E-state index contributed by atoms with van der Waals surface area (Å²) in [5.41, 5.74) is 1.60. The molecule has 0 amide bonds. The molecule has 2 rings (SSSR count). The predicted octanol–water partition coefficient (Wildman–Crippen LogP) is 3.76. The van der Waals surface area contributed by atoms with Crippen molar-refractivity contribution in [2.45, 2.75) is 52.4 Å². The van der Waals surface area contributed by atoms with Crippen LogP contribution in [0.2, 0.25) is 0 Å². The van der Waals surface area contributed by atoms with Crippen molar-refractivity contribution in [1.82, 2.24) is 5.32 Å². The van der Waals surface area contributed by atoms with Gasteiger partial charge < -0.3 is 5.32 Å². The molecule has 0 aromatic heterocycles. The van der Waals surface area contributed by atoms with Crippen molar-refractivity contribution >= 4 is 0 Å². The van der Waals surface area contributed by atoms with Crippen LogP contribution < -0.4 is 5.32 Å². The average molecular weight is 221 g/mol. The van der Waals surface area contributed by atoms with Crippen LogP contribution in [0.15, 0.2) is 11.6 Å². The first-order valence-corrected chi connectivity index (χ1v) is 7.12. The summed E-state index contributed by atoms with van der Waals surface area (Å²) >= 11 is 0. The third-order valence-electron chi connectivity index (χ3n) is 3.98. The van der Waals surface area contributed by atoms with Gasteiger partial charge in [0.05, 0.1) is 0 Å². The first-order chi connectivity index (χ1) is 7.74. The zero-order valence-electron chi connectivity index (χ0n) is 11.0. The van der Waals surface area contributed by atoms with Crippen molar-refractivity contribution in [2.75, 3.05) is 13.1 Å². The molecule has 2 unspecified atom stereocenters. The maximum Gasteiger partial charge on any atom is -0.00172 e. The Morgan fingerprint density at radius 1 is 1.31 bits per heavy atom. The summed E-state index contributed by atoms with van der Waals surface area (Å²) in [6.07, 6.45) is 11.0. The van der Waals surface area contributed by atoms with Crippen LogP contribution in [0.3, 0.4) is 0 Å². The number of allylic oxidation sites excluding steroid dienone is 2. The van der Waals surface area contributed by atoms with Crippen molar-refractivity contribution in [3.8, 4) is 0 Å². The smallest absolute Gasteiger partial charge is 0.00172 e. The molecule has 2 aliphatic carbocycles. The van der Waals surface area contributed by atoms with Crippen LogP contribution in [0.1, 0.15) is 52.4 Å². The molecule has 0 aromatic rings. The fourth-order valence-corrected chi connectivity index (χ4v) is 3.07. The van der Waals surface area contributed by atoms with Gasteiger partial charge in [-0.15, -0.1) is 0 Å². The summed E-state index contributed by atoms with van der Waals surface area (Å²) in [5, 5.41) is 3.65. The summed E-state index contributed by atoms with van der Waals surface area (Å²) in [6.45, 7) is 7.11. The van der Waals surface area contributed by atoms with E-state index >= 15 is 0 Å². The van der Waals surface area contributed by atoms with E-state index in [4.69, 9.17) is 0 Å². The SMILES string of the molecule is CC1=CC(C)CC(CNCCCC2CC2)C1. The quantitative estimate of drug-likeness (QED) is 0.532. The highest BCUT2D eigenvalue weighted by molar-refractivity contribution is 5.06. The van der Waals surface area contributed by atoms with Gasteiger partial charge in [-0.3, -0.25) is 0 Å². The number of hydrogen-bond acceptors (Lipinski definition) is 1. The van der Waals surface area contributed by atoms with E-state index < -0.39 is 0 Å². The van der Waals surface area contributed by atoms with Gasteiger partial charge in [0.15, 0.2) is 0 Å². The molecule has 1 fully saturated rings. The van der Waals surface area contributed by atoms with Gasteiger partial charge in [-0.05, 0) is 63.5 Å². The van der Waals surface area contributed by atoms with Gasteiger partial charge in [0.25, 0.3) is 0 Å². The molecule has 2 aliphatic rings. The molecule has 0 radical (unpaired) electrons. The van der Waals surface area contributed by atoms with Crippen LogP contribution in [-0.4, -0.2) is 13.1 Å². The molecular formula is C15H27N. The fraction of sp³-hybridized carbons (Fsp3) is 0.867. The van der Waals surface area contributed by atoms with Crippen molar-refractivity contribution in [1.29, 1.82) is 0 Å². The van der Waals surface area contributed by atoms with E-state index in [2.05, 4.69) is 25.2 Å². The number of hydrogen-bond donors (Lipinski definition) is 1. The molecule has 0 bridgehead atoms. The molecule has 0 aliphatic heterocycles. The van der Waals surface area contributed by atoms with E-state index in [1.54, 1.807) is 5.57 Å². The average Bonchev–Trinajstić information content (AvgIpc) is 2.99. The minimum atomic E-state index is 0.798. The molecule has 1 N–H and O–H groups in total. The Morgan fingerprint density at radius 3 is 2.81 bits per heavy atom. The van der Waals surface area contributed by atoms with E-state index in [0.717, 1.165) is 17.8 Å². The lowest BCUT2D eigenvalue weighted by Gasteiger charge is -2.25. The number of nitrogens with one attached hydrogen (secondary N) is 1. The molecule has 2 atom stereocenters. The third kappa shape index (κ3) is 4.29. The van der Waals surface area contributed by atoms with Crippen LogP contribution in [0.25, 0.3) is 0 Å². The van der Waals surface area contributed by atoms with Gasteiger partial charge >= 0.3 is 0 Å². The molecule has 0 aromatic carbocycles. The van der Waals surface area contributed by atoms with E-state index in [0.29, 0.717) is 0 Å². The molecule has 0 saturated heterocycles. The normalized spacial score (nSPS) is 30.2. The van der Waals surface area contributed by atoms with Crippen LogP contribution in [0, 0.1) is 17.8 Å². The Labute approximate surface area is 101 Å². The highest BCUT2D eigenvalue weighted by atomic mass is 14.9. The third-order valence-corrected chi connectivity index (χ3v) is 3.98. The molecule has 1 nitrogen and oxygen atoms in total. The Morgan fingerprint density at radius 2 is 2.12 bits per heavy atom. The monoisotopic (exact) mass is 221 g/mol. The lowest BCUT2D eigenvalue weighted by atomic mass is 9.84. The van der Waals surface area contributed by atoms with Gasteiger partial charge in [-0.1, -0.05) is 31.4 Å². The summed E-state index contributed by atoms with van der Waals surface area (Å²) in [4.78, 5) is 0. The van der Waals surface area contributed by atoms with E-state index in [-0.39, 0.29) is 0 Å². The minimum absolute atomic E-state index is 0.798. The Bertz CT molecular complexity index is 240. The summed E-state index contributed by atoms with van der Waals surface area (Å²) in [7, 11) is 0. The van der Waals surface area contributed by atoms with Crippen LogP contribution in [0.5, 0.6) is 0 Å². The Kier molecular flexibility index (Phi) is 4.45. The second-order valence-corrected chi connectivity index (χ2v) is 6.09. The molecular weight excluding hydrogens is 194 g/mol. The molecule has 1 heteroatoms. The first-order valence-electron chi connectivity index (χ1n) is 7.12.